The molecule has 0 aromatic heterocycles. The average molecular weight is 217 g/mol. The molecule has 0 saturated heterocycles. The first kappa shape index (κ1) is 10.9. The number of carbonyl (C=O) groups excluding carboxylic acids is 1. The van der Waals surface area contributed by atoms with Crippen LogP contribution in [0.15, 0.2) is 35.9 Å². The molecule has 1 aliphatic rings. The lowest BCUT2D eigenvalue weighted by atomic mass is 10.2. The molecule has 0 heterocycles. The molecule has 0 spiro atoms. The largest absolute Gasteiger partial charge is 0.392 e. The number of carbonyl (C=O) groups is 1. The predicted octanol–water partition coefficient (Wildman–Crippen LogP) is 2.23. The van der Waals surface area contributed by atoms with E-state index in [0.29, 0.717) is 0 Å². The third-order valence-corrected chi connectivity index (χ3v) is 2.70. The van der Waals surface area contributed by atoms with E-state index in [4.69, 9.17) is 5.11 Å². The molecule has 0 aliphatic heterocycles. The van der Waals surface area contributed by atoms with Gasteiger partial charge in [-0.2, -0.15) is 0 Å². The van der Waals surface area contributed by atoms with Crippen molar-refractivity contribution < 1.29 is 9.90 Å². The Balaban J connectivity index is 2.05. The lowest BCUT2D eigenvalue weighted by Gasteiger charge is -2.06. The highest BCUT2D eigenvalue weighted by Gasteiger charge is 2.13. The molecular formula is C13H15NO2. The molecule has 3 heteroatoms. The first-order valence-electron chi connectivity index (χ1n) is 5.50. The van der Waals surface area contributed by atoms with Crippen molar-refractivity contribution in [1.29, 1.82) is 0 Å². The number of anilines is 1. The summed E-state index contributed by atoms with van der Waals surface area (Å²) in [6.45, 7) is -0.00753. The van der Waals surface area contributed by atoms with Gasteiger partial charge in [0.1, 0.15) is 0 Å². The maximum absolute atomic E-state index is 11.8. The first-order chi connectivity index (χ1) is 7.79. The molecule has 1 aromatic carbocycles. The number of amides is 1. The van der Waals surface area contributed by atoms with E-state index in [2.05, 4.69) is 5.32 Å². The van der Waals surface area contributed by atoms with Crippen molar-refractivity contribution in [2.24, 2.45) is 0 Å². The van der Waals surface area contributed by atoms with Crippen LogP contribution in [-0.4, -0.2) is 11.0 Å². The second-order valence-electron chi connectivity index (χ2n) is 3.93. The number of hydrogen-bond donors (Lipinski definition) is 2. The van der Waals surface area contributed by atoms with E-state index in [-0.39, 0.29) is 12.5 Å². The van der Waals surface area contributed by atoms with Crippen LogP contribution in [0.25, 0.3) is 0 Å². The van der Waals surface area contributed by atoms with Crippen molar-refractivity contribution in [3.05, 3.63) is 41.5 Å². The summed E-state index contributed by atoms with van der Waals surface area (Å²) in [6, 6.07) is 7.26. The zero-order chi connectivity index (χ0) is 11.4. The van der Waals surface area contributed by atoms with Gasteiger partial charge in [0.05, 0.1) is 6.61 Å². The van der Waals surface area contributed by atoms with Crippen LogP contribution < -0.4 is 5.32 Å². The van der Waals surface area contributed by atoms with Gasteiger partial charge < -0.3 is 10.4 Å². The van der Waals surface area contributed by atoms with Crippen molar-refractivity contribution in [3.63, 3.8) is 0 Å². The number of allylic oxidation sites excluding steroid dienone is 1. The number of aliphatic hydroxyl groups excluding tert-OH is 1. The summed E-state index contributed by atoms with van der Waals surface area (Å²) in [4.78, 5) is 11.8. The smallest absolute Gasteiger partial charge is 0.251 e. The second kappa shape index (κ2) is 4.94. The monoisotopic (exact) mass is 217 g/mol. The average Bonchev–Trinajstić information content (AvgIpc) is 2.83. The van der Waals surface area contributed by atoms with Crippen LogP contribution in [0.5, 0.6) is 0 Å². The molecule has 0 fully saturated rings. The maximum Gasteiger partial charge on any atom is 0.251 e. The molecule has 3 nitrogen and oxygen atoms in total. The van der Waals surface area contributed by atoms with Crippen LogP contribution in [0.3, 0.4) is 0 Å². The zero-order valence-electron chi connectivity index (χ0n) is 9.07. The topological polar surface area (TPSA) is 49.3 Å². The van der Waals surface area contributed by atoms with E-state index in [1.165, 1.54) is 0 Å². The lowest BCUT2D eigenvalue weighted by Crippen LogP contribution is -2.13. The predicted molar refractivity (Wildman–Crippen MR) is 62.9 cm³/mol. The fourth-order valence-corrected chi connectivity index (χ4v) is 1.84. The molecule has 0 unspecified atom stereocenters. The van der Waals surface area contributed by atoms with Crippen LogP contribution in [0, 0.1) is 0 Å². The van der Waals surface area contributed by atoms with Gasteiger partial charge in [0.2, 0.25) is 0 Å². The molecule has 0 radical (unpaired) electrons. The van der Waals surface area contributed by atoms with E-state index in [9.17, 15) is 4.79 Å². The highest BCUT2D eigenvalue weighted by Crippen LogP contribution is 2.19. The molecule has 1 aromatic rings. The lowest BCUT2D eigenvalue weighted by molar-refractivity contribution is -0.112. The Labute approximate surface area is 94.8 Å². The number of aliphatic hydroxyl groups is 1. The number of rotatable bonds is 3. The molecule has 1 aliphatic carbocycles. The number of hydrogen-bond acceptors (Lipinski definition) is 2. The summed E-state index contributed by atoms with van der Waals surface area (Å²) in [6.07, 6.45) is 4.93. The van der Waals surface area contributed by atoms with Crippen molar-refractivity contribution in [2.45, 2.75) is 25.9 Å². The number of benzene rings is 1. The van der Waals surface area contributed by atoms with Crippen LogP contribution in [0.1, 0.15) is 24.8 Å². The van der Waals surface area contributed by atoms with E-state index in [0.717, 1.165) is 36.1 Å². The summed E-state index contributed by atoms with van der Waals surface area (Å²) in [5.74, 6) is -0.0208. The Morgan fingerprint density at radius 2 is 2.31 bits per heavy atom. The fraction of sp³-hybridized carbons (Fsp3) is 0.308. The molecule has 84 valence electrons. The van der Waals surface area contributed by atoms with E-state index in [1.54, 1.807) is 6.07 Å². The zero-order valence-corrected chi connectivity index (χ0v) is 9.07. The Hall–Kier alpha value is -1.61. The van der Waals surface area contributed by atoms with E-state index >= 15 is 0 Å². The van der Waals surface area contributed by atoms with Gasteiger partial charge in [-0.3, -0.25) is 4.79 Å². The summed E-state index contributed by atoms with van der Waals surface area (Å²) in [5, 5.41) is 11.8. The van der Waals surface area contributed by atoms with Crippen molar-refractivity contribution in [1.82, 2.24) is 0 Å². The van der Waals surface area contributed by atoms with Gasteiger partial charge in [-0.1, -0.05) is 18.2 Å². The highest BCUT2D eigenvalue weighted by atomic mass is 16.3. The third-order valence-electron chi connectivity index (χ3n) is 2.70. The Kier molecular flexibility index (Phi) is 3.37. The molecule has 2 N–H and O–H groups in total. The minimum Gasteiger partial charge on any atom is -0.392 e. The number of nitrogens with one attached hydrogen (secondary N) is 1. The van der Waals surface area contributed by atoms with Crippen LogP contribution in [0.4, 0.5) is 5.69 Å². The molecule has 1 amide bonds. The highest BCUT2D eigenvalue weighted by molar-refractivity contribution is 6.03. The Bertz CT molecular complexity index is 424. The summed E-state index contributed by atoms with van der Waals surface area (Å²) >= 11 is 0. The quantitative estimate of drug-likeness (QED) is 0.815. The summed E-state index contributed by atoms with van der Waals surface area (Å²) in [5.41, 5.74) is 2.41. The van der Waals surface area contributed by atoms with Crippen LogP contribution >= 0.6 is 0 Å². The second-order valence-corrected chi connectivity index (χ2v) is 3.93. The van der Waals surface area contributed by atoms with Gasteiger partial charge in [-0.05, 0) is 37.0 Å². The molecule has 0 saturated carbocycles. The molecule has 0 atom stereocenters. The third kappa shape index (κ3) is 2.49. The standard InChI is InChI=1S/C13H15NO2/c15-9-10-4-3-7-12(8-10)14-13(16)11-5-1-2-6-11/h3-5,7-8,15H,1-2,6,9H2,(H,14,16). The van der Waals surface area contributed by atoms with Gasteiger partial charge in [0.15, 0.2) is 0 Å². The minimum absolute atomic E-state index is 0.00753. The van der Waals surface area contributed by atoms with E-state index in [1.807, 2.05) is 24.3 Å². The first-order valence-corrected chi connectivity index (χ1v) is 5.50. The SMILES string of the molecule is O=C(Nc1cccc(CO)c1)C1=CCCC1. The molecule has 16 heavy (non-hydrogen) atoms. The van der Waals surface area contributed by atoms with Gasteiger partial charge in [0.25, 0.3) is 5.91 Å². The maximum atomic E-state index is 11.8. The van der Waals surface area contributed by atoms with Crippen molar-refractivity contribution >= 4 is 11.6 Å². The molecule has 2 rings (SSSR count). The van der Waals surface area contributed by atoms with Crippen molar-refractivity contribution in [3.8, 4) is 0 Å². The molecule has 0 bridgehead atoms. The Morgan fingerprint density at radius 1 is 1.44 bits per heavy atom. The molecular weight excluding hydrogens is 202 g/mol. The van der Waals surface area contributed by atoms with Crippen LogP contribution in [-0.2, 0) is 11.4 Å². The van der Waals surface area contributed by atoms with Gasteiger partial charge in [-0.15, -0.1) is 0 Å². The summed E-state index contributed by atoms with van der Waals surface area (Å²) in [7, 11) is 0. The summed E-state index contributed by atoms with van der Waals surface area (Å²) < 4.78 is 0. The normalized spacial score (nSPS) is 14.7. The Morgan fingerprint density at radius 3 is 3.00 bits per heavy atom. The van der Waals surface area contributed by atoms with Crippen LogP contribution in [0.2, 0.25) is 0 Å². The van der Waals surface area contributed by atoms with Gasteiger partial charge in [-0.25, -0.2) is 0 Å². The fourth-order valence-electron chi connectivity index (χ4n) is 1.84. The van der Waals surface area contributed by atoms with Gasteiger partial charge >= 0.3 is 0 Å². The minimum atomic E-state index is -0.0208. The van der Waals surface area contributed by atoms with Crippen molar-refractivity contribution in [2.75, 3.05) is 5.32 Å². The van der Waals surface area contributed by atoms with Gasteiger partial charge in [0, 0.05) is 11.3 Å². The van der Waals surface area contributed by atoms with E-state index < -0.39 is 0 Å².